The molecule has 0 saturated heterocycles. The van der Waals surface area contributed by atoms with Gasteiger partial charge < -0.3 is 5.11 Å². The van der Waals surface area contributed by atoms with Gasteiger partial charge in [-0.1, -0.05) is 34.6 Å². The van der Waals surface area contributed by atoms with Crippen LogP contribution < -0.4 is 0 Å². The van der Waals surface area contributed by atoms with Crippen LogP contribution in [0.25, 0.3) is 0 Å². The Hall–Kier alpha value is -0.790. The molecular weight excluding hydrogens is 188 g/mol. The molecule has 0 aromatic carbocycles. The predicted octanol–water partition coefficient (Wildman–Crippen LogP) is 3.62. The average molecular weight is 210 g/mol. The number of hydrogen-bond donors (Lipinski definition) is 1. The highest BCUT2D eigenvalue weighted by Gasteiger charge is 2.37. The Morgan fingerprint density at radius 2 is 1.67 bits per heavy atom. The molecule has 0 bridgehead atoms. The van der Waals surface area contributed by atoms with Crippen LogP contribution in [-0.4, -0.2) is 10.9 Å². The number of allylic oxidation sites excluding steroid dienone is 2. The number of rotatable bonds is 2. The molecule has 0 heterocycles. The van der Waals surface area contributed by atoms with Gasteiger partial charge in [0.05, 0.1) is 5.76 Å². The zero-order valence-electron chi connectivity index (χ0n) is 10.5. The fourth-order valence-corrected chi connectivity index (χ4v) is 2.83. The van der Waals surface area contributed by atoms with E-state index >= 15 is 0 Å². The molecule has 0 aromatic rings. The minimum atomic E-state index is -0.212. The zero-order valence-corrected chi connectivity index (χ0v) is 10.5. The summed E-state index contributed by atoms with van der Waals surface area (Å²) >= 11 is 0. The van der Waals surface area contributed by atoms with Crippen LogP contribution in [0, 0.1) is 10.8 Å². The number of aliphatic hydroxyl groups excluding tert-OH is 1. The fraction of sp³-hybridized carbons (Fsp3) is 0.769. The van der Waals surface area contributed by atoms with Crippen molar-refractivity contribution in [1.82, 2.24) is 0 Å². The van der Waals surface area contributed by atoms with Gasteiger partial charge in [-0.2, -0.15) is 0 Å². The monoisotopic (exact) mass is 210 g/mol. The fourth-order valence-electron chi connectivity index (χ4n) is 2.83. The van der Waals surface area contributed by atoms with E-state index in [1.165, 1.54) is 0 Å². The maximum Gasteiger partial charge on any atom is 0.163 e. The summed E-state index contributed by atoms with van der Waals surface area (Å²) in [5.74, 6) is 0.441. The summed E-state index contributed by atoms with van der Waals surface area (Å²) in [6.45, 7) is 10.6. The smallest absolute Gasteiger partial charge is 0.163 e. The van der Waals surface area contributed by atoms with Crippen LogP contribution in [0.2, 0.25) is 0 Å². The molecule has 0 spiro atoms. The number of carbonyl (C=O) groups excluding carboxylic acids is 1. The van der Waals surface area contributed by atoms with Gasteiger partial charge >= 0.3 is 0 Å². The number of aliphatic hydroxyl groups is 1. The van der Waals surface area contributed by atoms with E-state index in [-0.39, 0.29) is 16.6 Å². The van der Waals surface area contributed by atoms with Gasteiger partial charge in [0.1, 0.15) is 0 Å². The van der Waals surface area contributed by atoms with Gasteiger partial charge in [-0.15, -0.1) is 0 Å². The SMILES string of the molecule is CC(C)(C)CC(C)(C)C1=C(O)CCC1=O. The summed E-state index contributed by atoms with van der Waals surface area (Å²) in [6.07, 6.45) is 1.92. The lowest BCUT2D eigenvalue weighted by molar-refractivity contribution is -0.115. The second-order valence-electron chi connectivity index (χ2n) is 6.37. The van der Waals surface area contributed by atoms with Gasteiger partial charge in [0, 0.05) is 18.4 Å². The van der Waals surface area contributed by atoms with Crippen molar-refractivity contribution in [3.8, 4) is 0 Å². The van der Waals surface area contributed by atoms with Crippen molar-refractivity contribution in [1.29, 1.82) is 0 Å². The van der Waals surface area contributed by atoms with Gasteiger partial charge in [0.15, 0.2) is 5.78 Å². The van der Waals surface area contributed by atoms with Crippen molar-refractivity contribution in [2.45, 2.75) is 53.9 Å². The Bertz CT molecular complexity index is 303. The van der Waals surface area contributed by atoms with Crippen LogP contribution in [0.1, 0.15) is 53.9 Å². The number of hydrogen-bond acceptors (Lipinski definition) is 2. The summed E-state index contributed by atoms with van der Waals surface area (Å²) in [6, 6.07) is 0. The third-order valence-electron chi connectivity index (χ3n) is 2.81. The standard InChI is InChI=1S/C13H22O2/c1-12(2,3)8-13(4,5)11-9(14)6-7-10(11)15/h14H,6-8H2,1-5H3. The summed E-state index contributed by atoms with van der Waals surface area (Å²) in [5, 5.41) is 9.75. The maximum absolute atomic E-state index is 11.7. The van der Waals surface area contributed by atoms with E-state index in [1.54, 1.807) is 0 Å². The first-order valence-electron chi connectivity index (χ1n) is 5.59. The first kappa shape index (κ1) is 12.3. The lowest BCUT2D eigenvalue weighted by Gasteiger charge is -2.33. The topological polar surface area (TPSA) is 37.3 Å². The molecule has 0 radical (unpaired) electrons. The summed E-state index contributed by atoms with van der Waals surface area (Å²) < 4.78 is 0. The molecule has 86 valence electrons. The molecule has 2 nitrogen and oxygen atoms in total. The quantitative estimate of drug-likeness (QED) is 0.755. The van der Waals surface area contributed by atoms with Crippen LogP contribution in [0.3, 0.4) is 0 Å². The normalized spacial score (nSPS) is 18.9. The summed E-state index contributed by atoms with van der Waals surface area (Å²) in [5.41, 5.74) is 0.618. The van der Waals surface area contributed by atoms with Crippen LogP contribution in [0.15, 0.2) is 11.3 Å². The Morgan fingerprint density at radius 3 is 2.00 bits per heavy atom. The molecule has 1 aliphatic rings. The van der Waals surface area contributed by atoms with E-state index in [1.807, 2.05) is 13.8 Å². The Kier molecular flexibility index (Phi) is 2.99. The Morgan fingerprint density at radius 1 is 1.13 bits per heavy atom. The Balaban J connectivity index is 2.96. The van der Waals surface area contributed by atoms with E-state index in [0.29, 0.717) is 24.2 Å². The molecule has 2 heteroatoms. The minimum Gasteiger partial charge on any atom is -0.512 e. The highest BCUT2D eigenvalue weighted by Crippen LogP contribution is 2.43. The molecule has 0 aliphatic heterocycles. The van der Waals surface area contributed by atoms with Crippen molar-refractivity contribution < 1.29 is 9.90 Å². The van der Waals surface area contributed by atoms with Gasteiger partial charge in [-0.05, 0) is 17.3 Å². The van der Waals surface area contributed by atoms with Gasteiger partial charge in [0.2, 0.25) is 0 Å². The lowest BCUT2D eigenvalue weighted by atomic mass is 9.71. The molecule has 1 N–H and O–H groups in total. The largest absolute Gasteiger partial charge is 0.512 e. The van der Waals surface area contributed by atoms with Crippen molar-refractivity contribution in [3.63, 3.8) is 0 Å². The van der Waals surface area contributed by atoms with Crippen molar-refractivity contribution >= 4 is 5.78 Å². The average Bonchev–Trinajstić information content (AvgIpc) is 2.25. The van der Waals surface area contributed by atoms with Crippen molar-refractivity contribution in [2.24, 2.45) is 10.8 Å². The molecule has 0 saturated carbocycles. The van der Waals surface area contributed by atoms with E-state index in [2.05, 4.69) is 20.8 Å². The molecular formula is C13H22O2. The van der Waals surface area contributed by atoms with Crippen LogP contribution in [0.5, 0.6) is 0 Å². The molecule has 0 fully saturated rings. The van der Waals surface area contributed by atoms with Crippen molar-refractivity contribution in [3.05, 3.63) is 11.3 Å². The number of carbonyl (C=O) groups is 1. The van der Waals surface area contributed by atoms with Gasteiger partial charge in [-0.3, -0.25) is 4.79 Å². The highest BCUT2D eigenvalue weighted by atomic mass is 16.3. The van der Waals surface area contributed by atoms with E-state index < -0.39 is 0 Å². The van der Waals surface area contributed by atoms with Gasteiger partial charge in [0.25, 0.3) is 0 Å². The third kappa shape index (κ3) is 2.83. The first-order chi connectivity index (χ1) is 6.63. The molecule has 15 heavy (non-hydrogen) atoms. The molecule has 0 amide bonds. The van der Waals surface area contributed by atoms with Crippen LogP contribution in [0.4, 0.5) is 0 Å². The third-order valence-corrected chi connectivity index (χ3v) is 2.81. The van der Waals surface area contributed by atoms with Crippen LogP contribution >= 0.6 is 0 Å². The van der Waals surface area contributed by atoms with Crippen LogP contribution in [-0.2, 0) is 4.79 Å². The van der Waals surface area contributed by atoms with E-state index in [9.17, 15) is 9.90 Å². The zero-order chi connectivity index (χ0) is 11.9. The second kappa shape index (κ2) is 3.66. The molecule has 0 atom stereocenters. The van der Waals surface area contributed by atoms with E-state index in [0.717, 1.165) is 6.42 Å². The number of ketones is 1. The molecule has 1 rings (SSSR count). The highest BCUT2D eigenvalue weighted by molar-refractivity contribution is 5.99. The Labute approximate surface area is 92.4 Å². The summed E-state index contributed by atoms with van der Waals surface area (Å²) in [4.78, 5) is 11.7. The molecule has 0 aromatic heterocycles. The number of Topliss-reactive ketones (excluding diaryl/α,β-unsaturated/α-hetero) is 1. The first-order valence-corrected chi connectivity index (χ1v) is 5.59. The molecule has 0 unspecified atom stereocenters. The lowest BCUT2D eigenvalue weighted by Crippen LogP contribution is -2.26. The molecule has 1 aliphatic carbocycles. The second-order valence-corrected chi connectivity index (χ2v) is 6.37. The van der Waals surface area contributed by atoms with Crippen molar-refractivity contribution in [2.75, 3.05) is 0 Å². The minimum absolute atomic E-state index is 0.127. The summed E-state index contributed by atoms with van der Waals surface area (Å²) in [7, 11) is 0. The van der Waals surface area contributed by atoms with Gasteiger partial charge in [-0.25, -0.2) is 0 Å². The predicted molar refractivity (Wildman–Crippen MR) is 61.7 cm³/mol. The maximum atomic E-state index is 11.7. The van der Waals surface area contributed by atoms with E-state index in [4.69, 9.17) is 0 Å².